The van der Waals surface area contributed by atoms with Crippen LogP contribution in [0, 0.1) is 16.4 Å². The summed E-state index contributed by atoms with van der Waals surface area (Å²) in [6.07, 6.45) is 10.5. The Morgan fingerprint density at radius 2 is 1.77 bits per heavy atom. The van der Waals surface area contributed by atoms with Gasteiger partial charge in [0.05, 0.1) is 22.3 Å². The molecular weight excluding hydrogens is 669 g/mol. The van der Waals surface area contributed by atoms with E-state index in [1.54, 1.807) is 19.5 Å². The van der Waals surface area contributed by atoms with Gasteiger partial charge < -0.3 is 24.1 Å². The van der Waals surface area contributed by atoms with E-state index in [1.165, 1.54) is 0 Å². The SMILES string of the molecule is COc1cc2c(OC3CCC(NC(=O)c4cn(CC5CCOCC5)cc(-c5ccc(C)cc5)c4=O)CC3)ccnc2cc1I. The number of hydrogen-bond acceptors (Lipinski definition) is 6. The summed E-state index contributed by atoms with van der Waals surface area (Å²) >= 11 is 2.25. The predicted octanol–water partition coefficient (Wildman–Crippen LogP) is 6.53. The van der Waals surface area contributed by atoms with Crippen molar-refractivity contribution in [1.29, 1.82) is 0 Å². The predicted molar refractivity (Wildman–Crippen MR) is 180 cm³/mol. The highest BCUT2D eigenvalue weighted by Crippen LogP contribution is 2.34. The zero-order chi connectivity index (χ0) is 30.6. The molecule has 0 bridgehead atoms. The summed E-state index contributed by atoms with van der Waals surface area (Å²) < 4.78 is 20.5. The lowest BCUT2D eigenvalue weighted by molar-refractivity contribution is 0.0611. The topological polar surface area (TPSA) is 91.7 Å². The normalized spacial score (nSPS) is 19.1. The zero-order valence-corrected chi connectivity index (χ0v) is 27.3. The van der Waals surface area contributed by atoms with Gasteiger partial charge in [-0.1, -0.05) is 29.8 Å². The van der Waals surface area contributed by atoms with Crippen molar-refractivity contribution in [3.8, 4) is 22.6 Å². The van der Waals surface area contributed by atoms with Crippen molar-refractivity contribution >= 4 is 39.4 Å². The highest BCUT2D eigenvalue weighted by Gasteiger charge is 2.26. The van der Waals surface area contributed by atoms with Crippen LogP contribution in [-0.2, 0) is 11.3 Å². The van der Waals surface area contributed by atoms with Crippen molar-refractivity contribution in [3.63, 3.8) is 0 Å². The number of hydrogen-bond donors (Lipinski definition) is 1. The molecule has 1 N–H and O–H groups in total. The van der Waals surface area contributed by atoms with E-state index in [-0.39, 0.29) is 29.0 Å². The molecule has 1 amide bonds. The molecule has 2 fully saturated rings. The lowest BCUT2D eigenvalue weighted by Gasteiger charge is -2.30. The lowest BCUT2D eigenvalue weighted by atomic mass is 9.92. The number of carbonyl (C=O) groups excluding carboxylic acids is 1. The Bertz CT molecular complexity index is 1690. The molecule has 230 valence electrons. The summed E-state index contributed by atoms with van der Waals surface area (Å²) in [6, 6.07) is 13.8. The van der Waals surface area contributed by atoms with Gasteiger partial charge in [0.1, 0.15) is 17.1 Å². The molecule has 1 saturated carbocycles. The van der Waals surface area contributed by atoms with Gasteiger partial charge >= 0.3 is 0 Å². The summed E-state index contributed by atoms with van der Waals surface area (Å²) in [5.74, 6) is 1.72. The van der Waals surface area contributed by atoms with Gasteiger partial charge in [-0.15, -0.1) is 0 Å². The summed E-state index contributed by atoms with van der Waals surface area (Å²) in [5, 5.41) is 4.10. The smallest absolute Gasteiger partial charge is 0.256 e. The molecule has 0 radical (unpaired) electrons. The number of pyridine rings is 2. The first kappa shape index (κ1) is 30.6. The number of carbonyl (C=O) groups is 1. The number of aryl methyl sites for hydroxylation is 1. The van der Waals surface area contributed by atoms with Crippen molar-refractivity contribution in [2.75, 3.05) is 20.3 Å². The average molecular weight is 708 g/mol. The van der Waals surface area contributed by atoms with E-state index >= 15 is 0 Å². The molecular formula is C35H38IN3O5. The van der Waals surface area contributed by atoms with E-state index in [9.17, 15) is 9.59 Å². The van der Waals surface area contributed by atoms with Gasteiger partial charge in [-0.25, -0.2) is 0 Å². The highest BCUT2D eigenvalue weighted by molar-refractivity contribution is 14.1. The molecule has 0 atom stereocenters. The second kappa shape index (κ2) is 13.7. The first-order valence-electron chi connectivity index (χ1n) is 15.4. The van der Waals surface area contributed by atoms with Crippen LogP contribution in [0.3, 0.4) is 0 Å². The van der Waals surface area contributed by atoms with Gasteiger partial charge in [-0.3, -0.25) is 14.6 Å². The number of nitrogens with one attached hydrogen (secondary N) is 1. The van der Waals surface area contributed by atoms with Gasteiger partial charge in [0.25, 0.3) is 5.91 Å². The summed E-state index contributed by atoms with van der Waals surface area (Å²) in [5.41, 5.74) is 3.32. The highest BCUT2D eigenvalue weighted by atomic mass is 127. The number of ether oxygens (including phenoxy) is 3. The molecule has 2 aliphatic rings. The minimum absolute atomic E-state index is 0.0235. The van der Waals surface area contributed by atoms with Crippen LogP contribution in [0.25, 0.3) is 22.0 Å². The molecule has 6 rings (SSSR count). The van der Waals surface area contributed by atoms with E-state index in [1.807, 2.05) is 60.2 Å². The van der Waals surface area contributed by atoms with Gasteiger partial charge in [0, 0.05) is 55.3 Å². The van der Waals surface area contributed by atoms with E-state index in [0.29, 0.717) is 11.5 Å². The fraction of sp³-hybridized carbons (Fsp3) is 0.400. The van der Waals surface area contributed by atoms with Crippen molar-refractivity contribution in [3.05, 3.63) is 86.0 Å². The minimum Gasteiger partial charge on any atom is -0.496 e. The molecule has 3 heterocycles. The number of benzene rings is 2. The Labute approximate surface area is 271 Å². The summed E-state index contributed by atoms with van der Waals surface area (Å²) in [6.45, 7) is 4.27. The lowest BCUT2D eigenvalue weighted by Crippen LogP contribution is -2.41. The maximum absolute atomic E-state index is 13.7. The van der Waals surface area contributed by atoms with E-state index in [2.05, 4.69) is 32.9 Å². The molecule has 0 spiro atoms. The number of methoxy groups -OCH3 is 1. The monoisotopic (exact) mass is 707 g/mol. The molecule has 8 nitrogen and oxygen atoms in total. The summed E-state index contributed by atoms with van der Waals surface area (Å²) in [4.78, 5) is 31.8. The van der Waals surface area contributed by atoms with Gasteiger partial charge in [0.15, 0.2) is 0 Å². The minimum atomic E-state index is -0.309. The summed E-state index contributed by atoms with van der Waals surface area (Å²) in [7, 11) is 1.66. The Balaban J connectivity index is 1.15. The molecule has 1 aliphatic heterocycles. The van der Waals surface area contributed by atoms with Crippen LogP contribution < -0.4 is 20.2 Å². The second-order valence-corrected chi connectivity index (χ2v) is 13.1. The van der Waals surface area contributed by atoms with Crippen molar-refractivity contribution in [2.45, 2.75) is 64.1 Å². The maximum atomic E-state index is 13.7. The zero-order valence-electron chi connectivity index (χ0n) is 25.2. The van der Waals surface area contributed by atoms with E-state index < -0.39 is 0 Å². The number of amides is 1. The second-order valence-electron chi connectivity index (χ2n) is 11.9. The molecule has 2 aromatic carbocycles. The van der Waals surface area contributed by atoms with Crippen LogP contribution in [0.5, 0.6) is 11.5 Å². The van der Waals surface area contributed by atoms with Crippen LogP contribution >= 0.6 is 22.6 Å². The molecule has 9 heteroatoms. The first-order valence-corrected chi connectivity index (χ1v) is 16.4. The number of halogens is 1. The molecule has 1 aliphatic carbocycles. The van der Waals surface area contributed by atoms with Gasteiger partial charge in [-0.05, 0) is 97.7 Å². The van der Waals surface area contributed by atoms with E-state index in [0.717, 1.165) is 95.4 Å². The number of aromatic nitrogens is 2. The average Bonchev–Trinajstić information content (AvgIpc) is 3.03. The van der Waals surface area contributed by atoms with Crippen LogP contribution in [0.1, 0.15) is 54.4 Å². The Morgan fingerprint density at radius 3 is 2.50 bits per heavy atom. The third kappa shape index (κ3) is 6.94. The Hall–Kier alpha value is -3.44. The fourth-order valence-electron chi connectivity index (χ4n) is 6.21. The Morgan fingerprint density at radius 1 is 1.02 bits per heavy atom. The quantitative estimate of drug-likeness (QED) is 0.210. The number of rotatable bonds is 8. The van der Waals surface area contributed by atoms with Gasteiger partial charge in [-0.2, -0.15) is 0 Å². The van der Waals surface area contributed by atoms with Crippen molar-refractivity contribution < 1.29 is 19.0 Å². The molecule has 4 aromatic rings. The van der Waals surface area contributed by atoms with Crippen LogP contribution in [0.15, 0.2) is 65.8 Å². The standard InChI is InChI=1S/C35H38IN3O5/c1-22-3-5-24(6-4-22)28-20-39(19-23-12-15-43-16-13-23)21-29(34(28)40)35(41)38-25-7-9-26(10-8-25)44-32-11-14-37-31-18-30(36)33(42-2)17-27(31)32/h3-6,11,14,17-18,20-21,23,25-26H,7-10,12-13,15-16,19H2,1-2H3,(H,38,41). The van der Waals surface area contributed by atoms with Crippen LogP contribution in [0.2, 0.25) is 0 Å². The third-order valence-corrected chi connectivity index (χ3v) is 9.62. The van der Waals surface area contributed by atoms with E-state index in [4.69, 9.17) is 14.2 Å². The molecule has 2 aromatic heterocycles. The Kier molecular flexibility index (Phi) is 9.51. The number of fused-ring (bicyclic) bond motifs is 1. The van der Waals surface area contributed by atoms with Crippen LogP contribution in [-0.4, -0.2) is 47.9 Å². The molecule has 0 unspecified atom stereocenters. The van der Waals surface area contributed by atoms with Gasteiger partial charge in [0.2, 0.25) is 5.43 Å². The molecule has 1 saturated heterocycles. The fourth-order valence-corrected chi connectivity index (χ4v) is 6.88. The van der Waals surface area contributed by atoms with Crippen LogP contribution in [0.4, 0.5) is 0 Å². The third-order valence-electron chi connectivity index (χ3n) is 8.77. The number of nitrogens with zero attached hydrogens (tertiary/aromatic N) is 2. The van der Waals surface area contributed by atoms with Crippen molar-refractivity contribution in [2.24, 2.45) is 5.92 Å². The molecule has 44 heavy (non-hydrogen) atoms. The maximum Gasteiger partial charge on any atom is 0.256 e. The van der Waals surface area contributed by atoms with Crippen molar-refractivity contribution in [1.82, 2.24) is 14.9 Å². The first-order chi connectivity index (χ1) is 21.4. The largest absolute Gasteiger partial charge is 0.496 e.